The number of hydrazine groups is 1. The average molecular weight is 118 g/mol. The molecule has 0 aromatic heterocycles. The van der Waals surface area contributed by atoms with Gasteiger partial charge in [0.25, 0.3) is 0 Å². The summed E-state index contributed by atoms with van der Waals surface area (Å²) in [6, 6.07) is 0. The van der Waals surface area contributed by atoms with E-state index in [4.69, 9.17) is 5.84 Å². The summed E-state index contributed by atoms with van der Waals surface area (Å²) in [6.07, 6.45) is 0. The molecular formula is C4H10N2O2. The average Bonchev–Trinajstić information content (AvgIpc) is 1.67. The van der Waals surface area contributed by atoms with Gasteiger partial charge in [0, 0.05) is 14.0 Å². The predicted octanol–water partition coefficient (Wildman–Crippen LogP) is -0.688. The molecule has 0 aliphatic heterocycles. The van der Waals surface area contributed by atoms with Crippen molar-refractivity contribution in [2.24, 2.45) is 5.84 Å². The van der Waals surface area contributed by atoms with Gasteiger partial charge in [-0.3, -0.25) is 9.80 Å². The van der Waals surface area contributed by atoms with Crippen molar-refractivity contribution in [1.29, 1.82) is 0 Å². The van der Waals surface area contributed by atoms with Gasteiger partial charge < -0.3 is 4.74 Å². The third kappa shape index (κ3) is 2.54. The standard InChI is InChI=1S/C4H10N2O2/c1-4(7)6(5)3-8-2/h3,5H2,1-2H3. The topological polar surface area (TPSA) is 55.6 Å². The molecule has 0 bridgehead atoms. The molecule has 0 radical (unpaired) electrons. The van der Waals surface area contributed by atoms with Crippen LogP contribution in [0.5, 0.6) is 0 Å². The maximum atomic E-state index is 10.3. The Morgan fingerprint density at radius 1 is 1.88 bits per heavy atom. The number of carbonyl (C=O) groups is 1. The van der Waals surface area contributed by atoms with E-state index in [1.54, 1.807) is 0 Å². The molecule has 0 aromatic rings. The molecule has 0 saturated carbocycles. The molecule has 4 heteroatoms. The third-order valence-corrected chi connectivity index (χ3v) is 0.673. The van der Waals surface area contributed by atoms with E-state index in [9.17, 15) is 4.79 Å². The SMILES string of the molecule is COCN(N)C(C)=O. The summed E-state index contributed by atoms with van der Waals surface area (Å²) in [5.74, 6) is 4.88. The Hall–Kier alpha value is -0.610. The lowest BCUT2D eigenvalue weighted by Gasteiger charge is -2.10. The van der Waals surface area contributed by atoms with Gasteiger partial charge in [0.1, 0.15) is 6.73 Å². The number of nitrogens with zero attached hydrogens (tertiary/aromatic N) is 1. The van der Waals surface area contributed by atoms with E-state index in [2.05, 4.69) is 4.74 Å². The number of nitrogens with two attached hydrogens (primary N) is 1. The van der Waals surface area contributed by atoms with Crippen molar-refractivity contribution in [2.75, 3.05) is 13.8 Å². The van der Waals surface area contributed by atoms with E-state index in [0.717, 1.165) is 5.01 Å². The Bertz CT molecular complexity index is 84.1. The third-order valence-electron chi connectivity index (χ3n) is 0.673. The molecule has 1 amide bonds. The first-order valence-electron chi connectivity index (χ1n) is 2.20. The van der Waals surface area contributed by atoms with Crippen molar-refractivity contribution in [3.05, 3.63) is 0 Å². The molecule has 0 atom stereocenters. The fraction of sp³-hybridized carbons (Fsp3) is 0.750. The van der Waals surface area contributed by atoms with Crippen LogP contribution in [-0.4, -0.2) is 24.8 Å². The number of carbonyl (C=O) groups excluding carboxylic acids is 1. The van der Waals surface area contributed by atoms with Gasteiger partial charge >= 0.3 is 0 Å². The predicted molar refractivity (Wildman–Crippen MR) is 28.6 cm³/mol. The van der Waals surface area contributed by atoms with Gasteiger partial charge in [-0.05, 0) is 0 Å². The summed E-state index contributed by atoms with van der Waals surface area (Å²) in [7, 11) is 1.48. The molecule has 8 heavy (non-hydrogen) atoms. The molecule has 48 valence electrons. The lowest BCUT2D eigenvalue weighted by atomic mass is 10.7. The van der Waals surface area contributed by atoms with Crippen molar-refractivity contribution in [3.8, 4) is 0 Å². The Morgan fingerprint density at radius 3 is 2.50 bits per heavy atom. The molecule has 0 rings (SSSR count). The van der Waals surface area contributed by atoms with Gasteiger partial charge in [-0.25, -0.2) is 5.84 Å². The van der Waals surface area contributed by atoms with Crippen LogP contribution in [0.25, 0.3) is 0 Å². The van der Waals surface area contributed by atoms with Crippen molar-refractivity contribution in [2.45, 2.75) is 6.92 Å². The largest absolute Gasteiger partial charge is 0.363 e. The first-order valence-corrected chi connectivity index (χ1v) is 2.20. The monoisotopic (exact) mass is 118 g/mol. The van der Waals surface area contributed by atoms with Gasteiger partial charge in [0.15, 0.2) is 0 Å². The van der Waals surface area contributed by atoms with Gasteiger partial charge in [-0.1, -0.05) is 0 Å². The Balaban J connectivity index is 3.32. The van der Waals surface area contributed by atoms with Crippen molar-refractivity contribution >= 4 is 5.91 Å². The fourth-order valence-corrected chi connectivity index (χ4v) is 0.230. The van der Waals surface area contributed by atoms with Crippen LogP contribution in [0.15, 0.2) is 0 Å². The quantitative estimate of drug-likeness (QED) is 0.226. The van der Waals surface area contributed by atoms with Crippen LogP contribution >= 0.6 is 0 Å². The molecule has 0 aliphatic carbocycles. The lowest BCUT2D eigenvalue weighted by molar-refractivity contribution is -0.133. The highest BCUT2D eigenvalue weighted by Gasteiger charge is 1.97. The highest BCUT2D eigenvalue weighted by Crippen LogP contribution is 1.76. The lowest BCUT2D eigenvalue weighted by Crippen LogP contribution is -2.36. The van der Waals surface area contributed by atoms with Crippen LogP contribution in [0.2, 0.25) is 0 Å². The number of hydrogen-bond donors (Lipinski definition) is 1. The maximum Gasteiger partial charge on any atom is 0.235 e. The molecule has 0 unspecified atom stereocenters. The zero-order valence-electron chi connectivity index (χ0n) is 5.05. The van der Waals surface area contributed by atoms with Crippen LogP contribution in [0, 0.1) is 0 Å². The van der Waals surface area contributed by atoms with Crippen LogP contribution in [0.1, 0.15) is 6.92 Å². The highest BCUT2D eigenvalue weighted by atomic mass is 16.5. The minimum absolute atomic E-state index is 0.148. The first-order chi connectivity index (χ1) is 3.68. The zero-order chi connectivity index (χ0) is 6.57. The van der Waals surface area contributed by atoms with Gasteiger partial charge in [0.05, 0.1) is 0 Å². The van der Waals surface area contributed by atoms with Crippen molar-refractivity contribution in [3.63, 3.8) is 0 Å². The van der Waals surface area contributed by atoms with Crippen molar-refractivity contribution in [1.82, 2.24) is 5.01 Å². The second-order valence-corrected chi connectivity index (χ2v) is 1.41. The summed E-state index contributed by atoms with van der Waals surface area (Å²) in [5.41, 5.74) is 0. The molecule has 0 aromatic carbocycles. The second kappa shape index (κ2) is 3.40. The van der Waals surface area contributed by atoms with E-state index in [1.807, 2.05) is 0 Å². The molecule has 0 fully saturated rings. The minimum Gasteiger partial charge on any atom is -0.363 e. The van der Waals surface area contributed by atoms with Crippen LogP contribution in [0.3, 0.4) is 0 Å². The molecule has 0 spiro atoms. The number of hydrogen-bond acceptors (Lipinski definition) is 3. The normalized spacial score (nSPS) is 8.88. The number of rotatable bonds is 2. The molecule has 0 aliphatic rings. The zero-order valence-corrected chi connectivity index (χ0v) is 5.05. The maximum absolute atomic E-state index is 10.3. The number of methoxy groups -OCH3 is 1. The molecule has 0 saturated heterocycles. The summed E-state index contributed by atoms with van der Waals surface area (Å²) >= 11 is 0. The summed E-state index contributed by atoms with van der Waals surface area (Å²) in [6.45, 7) is 1.52. The summed E-state index contributed by atoms with van der Waals surface area (Å²) < 4.78 is 4.54. The number of ether oxygens (including phenoxy) is 1. The van der Waals surface area contributed by atoms with Crippen LogP contribution < -0.4 is 5.84 Å². The van der Waals surface area contributed by atoms with E-state index in [1.165, 1.54) is 14.0 Å². The molecule has 0 heterocycles. The summed E-state index contributed by atoms with van der Waals surface area (Å²) in [5, 5.41) is 0.986. The Morgan fingerprint density at radius 2 is 2.38 bits per heavy atom. The van der Waals surface area contributed by atoms with Crippen molar-refractivity contribution < 1.29 is 9.53 Å². The van der Waals surface area contributed by atoms with E-state index in [0.29, 0.717) is 0 Å². The van der Waals surface area contributed by atoms with Gasteiger partial charge in [-0.15, -0.1) is 0 Å². The van der Waals surface area contributed by atoms with E-state index < -0.39 is 0 Å². The van der Waals surface area contributed by atoms with Gasteiger partial charge in [0.2, 0.25) is 5.91 Å². The fourth-order valence-electron chi connectivity index (χ4n) is 0.230. The van der Waals surface area contributed by atoms with E-state index in [-0.39, 0.29) is 12.6 Å². The second-order valence-electron chi connectivity index (χ2n) is 1.41. The first kappa shape index (κ1) is 7.39. The highest BCUT2D eigenvalue weighted by molar-refractivity contribution is 5.72. The van der Waals surface area contributed by atoms with Gasteiger partial charge in [-0.2, -0.15) is 0 Å². The minimum atomic E-state index is -0.202. The number of amides is 1. The van der Waals surface area contributed by atoms with E-state index >= 15 is 0 Å². The molecular weight excluding hydrogens is 108 g/mol. The Kier molecular flexibility index (Phi) is 3.14. The van der Waals surface area contributed by atoms with Crippen LogP contribution in [-0.2, 0) is 9.53 Å². The summed E-state index contributed by atoms with van der Waals surface area (Å²) in [4.78, 5) is 10.3. The Labute approximate surface area is 48.2 Å². The van der Waals surface area contributed by atoms with Crippen LogP contribution in [0.4, 0.5) is 0 Å². The molecule has 2 N–H and O–H groups in total. The molecule has 4 nitrogen and oxygen atoms in total. The smallest absolute Gasteiger partial charge is 0.235 e.